The zero-order valence-corrected chi connectivity index (χ0v) is 16.8. The van der Waals surface area contributed by atoms with E-state index in [4.69, 9.17) is 0 Å². The Kier molecular flexibility index (Phi) is 5.56. The summed E-state index contributed by atoms with van der Waals surface area (Å²) in [6.45, 7) is 6.44. The third kappa shape index (κ3) is 4.33. The fourth-order valence-electron chi connectivity index (χ4n) is 3.42. The molecule has 6 heteroatoms. The summed E-state index contributed by atoms with van der Waals surface area (Å²) in [7, 11) is -3.78. The molecule has 2 aromatic rings. The van der Waals surface area contributed by atoms with Crippen LogP contribution in [0, 0.1) is 13.8 Å². The number of rotatable bonds is 4. The number of sulfonamides is 1. The minimum atomic E-state index is -3.78. The van der Waals surface area contributed by atoms with Crippen molar-refractivity contribution in [2.75, 3.05) is 11.3 Å². The predicted molar refractivity (Wildman–Crippen MR) is 108 cm³/mol. The van der Waals surface area contributed by atoms with Crippen molar-refractivity contribution in [3.8, 4) is 0 Å². The van der Waals surface area contributed by atoms with Gasteiger partial charge in [0.15, 0.2) is 0 Å². The van der Waals surface area contributed by atoms with E-state index in [1.54, 1.807) is 31.2 Å². The lowest BCUT2D eigenvalue weighted by Gasteiger charge is -2.33. The number of aryl methyl sites for hydroxylation is 2. The van der Waals surface area contributed by atoms with Crippen LogP contribution in [0.2, 0.25) is 0 Å². The first-order valence-corrected chi connectivity index (χ1v) is 10.8. The van der Waals surface area contributed by atoms with Gasteiger partial charge in [0.05, 0.1) is 4.90 Å². The van der Waals surface area contributed by atoms with Crippen molar-refractivity contribution in [1.29, 1.82) is 0 Å². The Bertz CT molecular complexity index is 936. The van der Waals surface area contributed by atoms with Gasteiger partial charge in [-0.15, -0.1) is 0 Å². The molecule has 1 atom stereocenters. The van der Waals surface area contributed by atoms with E-state index >= 15 is 0 Å². The average molecular weight is 387 g/mol. The van der Waals surface area contributed by atoms with Crippen molar-refractivity contribution in [3.05, 3.63) is 59.2 Å². The number of carbonyl (C=O) groups excluding carboxylic acids is 1. The van der Waals surface area contributed by atoms with Crippen LogP contribution in [0.4, 0.5) is 5.69 Å². The fourth-order valence-corrected chi connectivity index (χ4v) is 4.75. The minimum absolute atomic E-state index is 0.103. The molecule has 1 aliphatic rings. The molecule has 3 rings (SSSR count). The van der Waals surface area contributed by atoms with Gasteiger partial charge in [-0.25, -0.2) is 8.42 Å². The molecule has 5 nitrogen and oxygen atoms in total. The van der Waals surface area contributed by atoms with Crippen LogP contribution >= 0.6 is 0 Å². The van der Waals surface area contributed by atoms with Crippen LogP contribution in [0.15, 0.2) is 47.4 Å². The van der Waals surface area contributed by atoms with Crippen LogP contribution in [0.1, 0.15) is 47.7 Å². The molecule has 144 valence electrons. The molecular weight excluding hydrogens is 360 g/mol. The standard InChI is InChI=1S/C21H26N2O3S/c1-15-7-11-19(12-8-15)22-27(25,26)20-14-18(10-9-16(20)2)21(24)23-13-5-4-6-17(23)3/h7-12,14,17,22H,4-6,13H2,1-3H3/t17-/m0/s1. The van der Waals surface area contributed by atoms with Gasteiger partial charge in [0.1, 0.15) is 0 Å². The quantitative estimate of drug-likeness (QED) is 0.859. The maximum Gasteiger partial charge on any atom is 0.262 e. The Morgan fingerprint density at radius 1 is 1.07 bits per heavy atom. The summed E-state index contributed by atoms with van der Waals surface area (Å²) in [6.07, 6.45) is 3.10. The number of nitrogens with one attached hydrogen (secondary N) is 1. The van der Waals surface area contributed by atoms with E-state index in [0.717, 1.165) is 31.4 Å². The largest absolute Gasteiger partial charge is 0.336 e. The van der Waals surface area contributed by atoms with Gasteiger partial charge >= 0.3 is 0 Å². The second-order valence-electron chi connectivity index (χ2n) is 7.30. The normalized spacial score (nSPS) is 17.6. The first kappa shape index (κ1) is 19.4. The molecule has 0 saturated carbocycles. The molecule has 1 fully saturated rings. The Morgan fingerprint density at radius 3 is 2.44 bits per heavy atom. The summed E-state index contributed by atoms with van der Waals surface area (Å²) in [6, 6.07) is 12.2. The third-order valence-electron chi connectivity index (χ3n) is 5.09. The highest BCUT2D eigenvalue weighted by Gasteiger charge is 2.26. The van der Waals surface area contributed by atoms with E-state index in [1.807, 2.05) is 30.9 Å². The summed E-state index contributed by atoms with van der Waals surface area (Å²) in [5, 5.41) is 0. The number of hydrogen-bond donors (Lipinski definition) is 1. The van der Waals surface area contributed by atoms with Crippen molar-refractivity contribution in [1.82, 2.24) is 4.90 Å². The Labute approximate surface area is 161 Å². The fraction of sp³-hybridized carbons (Fsp3) is 0.381. The van der Waals surface area contributed by atoms with Gasteiger partial charge < -0.3 is 4.90 Å². The van der Waals surface area contributed by atoms with Gasteiger partial charge in [0.25, 0.3) is 15.9 Å². The van der Waals surface area contributed by atoms with Gasteiger partial charge in [-0.3, -0.25) is 9.52 Å². The number of hydrogen-bond acceptors (Lipinski definition) is 3. The molecule has 1 saturated heterocycles. The average Bonchev–Trinajstić information content (AvgIpc) is 2.63. The number of piperidine rings is 1. The number of carbonyl (C=O) groups is 1. The van der Waals surface area contributed by atoms with Gasteiger partial charge in [-0.1, -0.05) is 23.8 Å². The maximum atomic E-state index is 12.9. The van der Waals surface area contributed by atoms with Crippen molar-refractivity contribution in [3.63, 3.8) is 0 Å². The Hall–Kier alpha value is -2.34. The second kappa shape index (κ2) is 7.72. The predicted octanol–water partition coefficient (Wildman–Crippen LogP) is 4.12. The van der Waals surface area contributed by atoms with Crippen molar-refractivity contribution in [2.24, 2.45) is 0 Å². The molecule has 1 heterocycles. The summed E-state index contributed by atoms with van der Waals surface area (Å²) < 4.78 is 28.4. The van der Waals surface area contributed by atoms with Gasteiger partial charge in [0, 0.05) is 23.8 Å². The van der Waals surface area contributed by atoms with Crippen molar-refractivity contribution >= 4 is 21.6 Å². The molecule has 1 amide bonds. The van der Waals surface area contributed by atoms with Gasteiger partial charge in [0.2, 0.25) is 0 Å². The molecule has 1 N–H and O–H groups in total. The van der Waals surface area contributed by atoms with E-state index in [-0.39, 0.29) is 16.8 Å². The monoisotopic (exact) mass is 386 g/mol. The van der Waals surface area contributed by atoms with E-state index in [9.17, 15) is 13.2 Å². The zero-order valence-electron chi connectivity index (χ0n) is 16.0. The van der Waals surface area contributed by atoms with E-state index in [2.05, 4.69) is 4.72 Å². The highest BCUT2D eigenvalue weighted by atomic mass is 32.2. The SMILES string of the molecule is Cc1ccc(NS(=O)(=O)c2cc(C(=O)N3CCCC[C@@H]3C)ccc2C)cc1. The molecule has 0 aromatic heterocycles. The molecule has 0 aliphatic carbocycles. The lowest BCUT2D eigenvalue weighted by atomic mass is 10.0. The van der Waals surface area contributed by atoms with Crippen LogP contribution in [0.3, 0.4) is 0 Å². The van der Waals surface area contributed by atoms with Crippen LogP contribution in [0.5, 0.6) is 0 Å². The van der Waals surface area contributed by atoms with E-state index < -0.39 is 10.0 Å². The molecule has 2 aromatic carbocycles. The smallest absolute Gasteiger partial charge is 0.262 e. The Morgan fingerprint density at radius 2 is 1.78 bits per heavy atom. The molecule has 0 bridgehead atoms. The highest BCUT2D eigenvalue weighted by molar-refractivity contribution is 7.92. The lowest BCUT2D eigenvalue weighted by Crippen LogP contribution is -2.42. The van der Waals surface area contributed by atoms with Crippen molar-refractivity contribution < 1.29 is 13.2 Å². The van der Waals surface area contributed by atoms with Crippen LogP contribution < -0.4 is 4.72 Å². The van der Waals surface area contributed by atoms with Crippen LogP contribution in [-0.2, 0) is 10.0 Å². The maximum absolute atomic E-state index is 12.9. The summed E-state index contributed by atoms with van der Waals surface area (Å²) in [4.78, 5) is 14.9. The van der Waals surface area contributed by atoms with Gasteiger partial charge in [-0.2, -0.15) is 0 Å². The van der Waals surface area contributed by atoms with E-state index in [1.165, 1.54) is 6.07 Å². The van der Waals surface area contributed by atoms with Crippen LogP contribution in [-0.4, -0.2) is 31.8 Å². The van der Waals surface area contributed by atoms with Crippen LogP contribution in [0.25, 0.3) is 0 Å². The number of benzene rings is 2. The van der Waals surface area contributed by atoms with E-state index in [0.29, 0.717) is 16.8 Å². The summed E-state index contributed by atoms with van der Waals surface area (Å²) in [5.74, 6) is -0.103. The van der Waals surface area contributed by atoms with Gasteiger partial charge in [-0.05, 0) is 69.9 Å². The molecule has 0 unspecified atom stereocenters. The highest BCUT2D eigenvalue weighted by Crippen LogP contribution is 2.24. The Balaban J connectivity index is 1.90. The molecule has 1 aliphatic heterocycles. The molecule has 27 heavy (non-hydrogen) atoms. The first-order chi connectivity index (χ1) is 12.8. The number of amides is 1. The summed E-state index contributed by atoms with van der Waals surface area (Å²) >= 11 is 0. The molecule has 0 radical (unpaired) electrons. The number of likely N-dealkylation sites (tertiary alicyclic amines) is 1. The second-order valence-corrected chi connectivity index (χ2v) is 8.95. The number of nitrogens with zero attached hydrogens (tertiary/aromatic N) is 1. The zero-order chi connectivity index (χ0) is 19.6. The topological polar surface area (TPSA) is 66.5 Å². The third-order valence-corrected chi connectivity index (χ3v) is 6.62. The minimum Gasteiger partial charge on any atom is -0.336 e. The molecular formula is C21H26N2O3S. The number of anilines is 1. The molecule has 0 spiro atoms. The lowest BCUT2D eigenvalue weighted by molar-refractivity contribution is 0.0635. The van der Waals surface area contributed by atoms with Crippen molar-refractivity contribution in [2.45, 2.75) is 51.0 Å². The summed E-state index contributed by atoms with van der Waals surface area (Å²) in [5.41, 5.74) is 2.58. The first-order valence-electron chi connectivity index (χ1n) is 9.29.